The number of carbonyl (C=O) groups is 1. The first-order valence-corrected chi connectivity index (χ1v) is 6.96. The van der Waals surface area contributed by atoms with Crippen LogP contribution >= 0.6 is 0 Å². The summed E-state index contributed by atoms with van der Waals surface area (Å²) in [6, 6.07) is 11.3. The molecule has 1 aliphatic rings. The zero-order valence-electron chi connectivity index (χ0n) is 12.5. The van der Waals surface area contributed by atoms with Gasteiger partial charge in [0, 0.05) is 18.2 Å². The maximum atomic E-state index is 11.9. The van der Waals surface area contributed by atoms with Gasteiger partial charge in [0.1, 0.15) is 5.56 Å². The Morgan fingerprint density at radius 1 is 0.960 bits per heavy atom. The number of cyclic esters (lactones) is 1. The second kappa shape index (κ2) is 6.32. The summed E-state index contributed by atoms with van der Waals surface area (Å²) in [5, 5.41) is 21.7. The number of nitro groups is 2. The SMILES string of the molecule is O=C1OC(c2ccccc2[N+](=O)[O-])=N/C1=C\c1ccc([N+](=O)[O-])cc1. The van der Waals surface area contributed by atoms with Gasteiger partial charge < -0.3 is 4.74 Å². The van der Waals surface area contributed by atoms with Crippen molar-refractivity contribution in [1.82, 2.24) is 0 Å². The van der Waals surface area contributed by atoms with Crippen LogP contribution in [-0.2, 0) is 9.53 Å². The van der Waals surface area contributed by atoms with Crippen molar-refractivity contribution in [2.45, 2.75) is 0 Å². The van der Waals surface area contributed by atoms with E-state index >= 15 is 0 Å². The summed E-state index contributed by atoms with van der Waals surface area (Å²) in [5.74, 6) is -0.919. The third-order valence-corrected chi connectivity index (χ3v) is 3.36. The number of hydrogen-bond acceptors (Lipinski definition) is 7. The lowest BCUT2D eigenvalue weighted by molar-refractivity contribution is -0.385. The largest absolute Gasteiger partial charge is 0.402 e. The maximum absolute atomic E-state index is 11.9. The van der Waals surface area contributed by atoms with E-state index in [1.165, 1.54) is 48.5 Å². The zero-order valence-corrected chi connectivity index (χ0v) is 12.5. The number of hydrogen-bond donors (Lipinski definition) is 0. The number of esters is 1. The molecule has 9 heteroatoms. The molecule has 2 aromatic carbocycles. The highest BCUT2D eigenvalue weighted by atomic mass is 16.6. The normalized spacial score (nSPS) is 15.0. The Bertz CT molecular complexity index is 947. The van der Waals surface area contributed by atoms with E-state index in [4.69, 9.17) is 4.74 Å². The van der Waals surface area contributed by atoms with Crippen molar-refractivity contribution in [2.75, 3.05) is 0 Å². The molecule has 9 nitrogen and oxygen atoms in total. The first-order chi connectivity index (χ1) is 12.0. The number of non-ortho nitro benzene ring substituents is 1. The molecule has 0 fully saturated rings. The minimum absolute atomic E-state index is 0.0537. The molecule has 2 aromatic rings. The summed E-state index contributed by atoms with van der Waals surface area (Å²) in [6.45, 7) is 0. The molecule has 124 valence electrons. The Morgan fingerprint density at radius 2 is 1.64 bits per heavy atom. The molecular formula is C16H9N3O6. The van der Waals surface area contributed by atoms with Crippen LogP contribution in [0.3, 0.4) is 0 Å². The topological polar surface area (TPSA) is 125 Å². The van der Waals surface area contributed by atoms with E-state index in [1.807, 2.05) is 0 Å². The highest BCUT2D eigenvalue weighted by Gasteiger charge is 2.28. The van der Waals surface area contributed by atoms with Crippen LogP contribution in [0.25, 0.3) is 6.08 Å². The van der Waals surface area contributed by atoms with Gasteiger partial charge in [-0.3, -0.25) is 20.2 Å². The predicted molar refractivity (Wildman–Crippen MR) is 86.8 cm³/mol. The molecule has 0 amide bonds. The summed E-state index contributed by atoms with van der Waals surface area (Å²) in [4.78, 5) is 36.5. The monoisotopic (exact) mass is 339 g/mol. The van der Waals surface area contributed by atoms with Crippen molar-refractivity contribution >= 4 is 29.3 Å². The Kier molecular flexibility index (Phi) is 4.04. The van der Waals surface area contributed by atoms with Gasteiger partial charge in [0.15, 0.2) is 5.70 Å². The Morgan fingerprint density at radius 3 is 2.28 bits per heavy atom. The third kappa shape index (κ3) is 3.24. The van der Waals surface area contributed by atoms with E-state index in [0.717, 1.165) is 0 Å². The van der Waals surface area contributed by atoms with Crippen molar-refractivity contribution < 1.29 is 19.4 Å². The number of nitro benzene ring substituents is 2. The lowest BCUT2D eigenvalue weighted by atomic mass is 10.1. The van der Waals surface area contributed by atoms with Crippen molar-refractivity contribution in [3.63, 3.8) is 0 Å². The highest BCUT2D eigenvalue weighted by Crippen LogP contribution is 2.25. The third-order valence-electron chi connectivity index (χ3n) is 3.36. The van der Waals surface area contributed by atoms with E-state index in [-0.39, 0.29) is 28.5 Å². The van der Waals surface area contributed by atoms with Gasteiger partial charge in [-0.2, -0.15) is 0 Å². The lowest BCUT2D eigenvalue weighted by Crippen LogP contribution is -2.07. The molecule has 0 spiro atoms. The molecule has 0 saturated heterocycles. The zero-order chi connectivity index (χ0) is 18.0. The molecule has 1 aliphatic heterocycles. The Balaban J connectivity index is 1.95. The quantitative estimate of drug-likeness (QED) is 0.365. The Labute approximate surface area is 140 Å². The molecule has 0 unspecified atom stereocenters. The molecule has 0 bridgehead atoms. The molecule has 0 aromatic heterocycles. The summed E-state index contributed by atoms with van der Waals surface area (Å²) in [5.41, 5.74) is 0.228. The number of carbonyl (C=O) groups excluding carboxylic acids is 1. The second-order valence-electron chi connectivity index (χ2n) is 4.96. The van der Waals surface area contributed by atoms with Gasteiger partial charge in [-0.15, -0.1) is 0 Å². The molecular weight excluding hydrogens is 330 g/mol. The standard InChI is InChI=1S/C16H9N3O6/c20-16-13(9-10-5-7-11(8-6-10)18(21)22)17-15(25-16)12-3-1-2-4-14(12)19(23)24/h1-9H/b13-9-. The molecule has 0 aliphatic carbocycles. The van der Waals surface area contributed by atoms with Crippen LogP contribution in [0, 0.1) is 20.2 Å². The van der Waals surface area contributed by atoms with E-state index in [1.54, 1.807) is 6.07 Å². The van der Waals surface area contributed by atoms with E-state index < -0.39 is 15.8 Å². The van der Waals surface area contributed by atoms with Gasteiger partial charge in [-0.25, -0.2) is 9.79 Å². The molecule has 1 heterocycles. The minimum Gasteiger partial charge on any atom is -0.402 e. The average molecular weight is 339 g/mol. The number of benzene rings is 2. The van der Waals surface area contributed by atoms with Crippen LogP contribution < -0.4 is 0 Å². The second-order valence-corrected chi connectivity index (χ2v) is 4.96. The van der Waals surface area contributed by atoms with Gasteiger partial charge in [-0.1, -0.05) is 12.1 Å². The first-order valence-electron chi connectivity index (χ1n) is 6.96. The van der Waals surface area contributed by atoms with Crippen LogP contribution in [-0.4, -0.2) is 21.7 Å². The number of rotatable bonds is 4. The van der Waals surface area contributed by atoms with Gasteiger partial charge in [0.25, 0.3) is 11.4 Å². The van der Waals surface area contributed by atoms with Gasteiger partial charge >= 0.3 is 5.97 Å². The van der Waals surface area contributed by atoms with Crippen molar-refractivity contribution in [3.8, 4) is 0 Å². The molecule has 25 heavy (non-hydrogen) atoms. The van der Waals surface area contributed by atoms with E-state index in [0.29, 0.717) is 5.56 Å². The van der Waals surface area contributed by atoms with Crippen LogP contribution in [0.4, 0.5) is 11.4 Å². The van der Waals surface area contributed by atoms with E-state index in [2.05, 4.69) is 4.99 Å². The molecule has 0 saturated carbocycles. The summed E-state index contributed by atoms with van der Waals surface area (Å²) in [7, 11) is 0. The van der Waals surface area contributed by atoms with Crippen LogP contribution in [0.15, 0.2) is 59.2 Å². The van der Waals surface area contributed by atoms with Gasteiger partial charge in [-0.05, 0) is 29.8 Å². The average Bonchev–Trinajstić information content (AvgIpc) is 2.96. The minimum atomic E-state index is -0.758. The smallest absolute Gasteiger partial charge is 0.363 e. The highest BCUT2D eigenvalue weighted by molar-refractivity contribution is 6.14. The van der Waals surface area contributed by atoms with Crippen LogP contribution in [0.1, 0.15) is 11.1 Å². The number of ether oxygens (including phenoxy) is 1. The maximum Gasteiger partial charge on any atom is 0.363 e. The molecule has 0 atom stereocenters. The number of aliphatic imine (C=N–C) groups is 1. The fourth-order valence-corrected chi connectivity index (χ4v) is 2.19. The lowest BCUT2D eigenvalue weighted by Gasteiger charge is -2.00. The number of nitrogens with zero attached hydrogens (tertiary/aromatic N) is 3. The van der Waals surface area contributed by atoms with Crippen molar-refractivity contribution in [3.05, 3.63) is 85.6 Å². The van der Waals surface area contributed by atoms with Crippen LogP contribution in [0.5, 0.6) is 0 Å². The van der Waals surface area contributed by atoms with E-state index in [9.17, 15) is 25.0 Å². The molecule has 0 radical (unpaired) electrons. The predicted octanol–water partition coefficient (Wildman–Crippen LogP) is 2.85. The summed E-state index contributed by atoms with van der Waals surface area (Å²) in [6.07, 6.45) is 1.38. The fraction of sp³-hybridized carbons (Fsp3) is 0. The molecule has 3 rings (SSSR count). The first kappa shape index (κ1) is 16.0. The van der Waals surface area contributed by atoms with Crippen LogP contribution in [0.2, 0.25) is 0 Å². The van der Waals surface area contributed by atoms with Gasteiger partial charge in [0.05, 0.1) is 9.85 Å². The fourth-order valence-electron chi connectivity index (χ4n) is 2.19. The number of para-hydroxylation sites is 1. The van der Waals surface area contributed by atoms with Crippen molar-refractivity contribution in [1.29, 1.82) is 0 Å². The van der Waals surface area contributed by atoms with Crippen molar-refractivity contribution in [2.24, 2.45) is 4.99 Å². The Hall–Kier alpha value is -3.88. The molecule has 0 N–H and O–H groups in total. The summed E-state index contributed by atoms with van der Waals surface area (Å²) < 4.78 is 5.02. The van der Waals surface area contributed by atoms with Gasteiger partial charge in [0.2, 0.25) is 5.90 Å². The summed E-state index contributed by atoms with van der Waals surface area (Å²) >= 11 is 0.